The minimum Gasteiger partial charge on any atom is -0.504 e. The molecule has 1 fully saturated rings. The van der Waals surface area contributed by atoms with Crippen molar-refractivity contribution >= 4 is 30.5 Å². The van der Waals surface area contributed by atoms with E-state index in [4.69, 9.17) is 0 Å². The maximum Gasteiger partial charge on any atom is 0.314 e. The third-order valence-corrected chi connectivity index (χ3v) is 3.83. The molecule has 0 radical (unpaired) electrons. The Morgan fingerprint density at radius 3 is 2.43 bits per heavy atom. The van der Waals surface area contributed by atoms with Crippen LogP contribution in [0.2, 0.25) is 0 Å². The molecule has 0 spiro atoms. The van der Waals surface area contributed by atoms with Gasteiger partial charge in [-0.25, -0.2) is 0 Å². The highest BCUT2D eigenvalue weighted by Crippen LogP contribution is 2.39. The molecule has 9 heteroatoms. The molecule has 23 heavy (non-hydrogen) atoms. The number of nitrogens with one attached hydrogen (secondary N) is 1. The summed E-state index contributed by atoms with van der Waals surface area (Å²) in [6.45, 7) is 5.54. The number of nitro groups is 1. The number of rotatable bonds is 5. The molecule has 3 N–H and O–H groups in total. The van der Waals surface area contributed by atoms with E-state index >= 15 is 0 Å². The van der Waals surface area contributed by atoms with E-state index in [1.807, 2.05) is 0 Å². The molecule has 132 valence electrons. The van der Waals surface area contributed by atoms with Crippen molar-refractivity contribution in [2.75, 3.05) is 26.2 Å². The summed E-state index contributed by atoms with van der Waals surface area (Å²) in [6.07, 6.45) is 1.78. The van der Waals surface area contributed by atoms with Gasteiger partial charge in [0.25, 0.3) is 0 Å². The van der Waals surface area contributed by atoms with Gasteiger partial charge in [-0.05, 0) is 18.1 Å². The number of hydrogen-bond acceptors (Lipinski definition) is 6. The molecular weight excluding hydrogens is 345 g/mol. The summed E-state index contributed by atoms with van der Waals surface area (Å²) in [5, 5.41) is 33.6. The molecule has 1 aromatic carbocycles. The van der Waals surface area contributed by atoms with Gasteiger partial charge in [0, 0.05) is 38.3 Å². The monoisotopic (exact) mass is 367 g/mol. The molecule has 0 unspecified atom stereocenters. The van der Waals surface area contributed by atoms with Gasteiger partial charge in [-0.2, -0.15) is 0 Å². The Labute approximate surface area is 147 Å². The van der Waals surface area contributed by atoms with Crippen LogP contribution in [0.4, 0.5) is 5.69 Å². The highest BCUT2D eigenvalue weighted by molar-refractivity contribution is 5.85. The van der Waals surface area contributed by atoms with Crippen LogP contribution in [0.25, 0.3) is 0 Å². The van der Waals surface area contributed by atoms with Gasteiger partial charge in [0.2, 0.25) is 5.75 Å². The number of piperazine rings is 1. The van der Waals surface area contributed by atoms with Crippen LogP contribution in [0.1, 0.15) is 31.4 Å². The van der Waals surface area contributed by atoms with Crippen molar-refractivity contribution in [1.82, 2.24) is 10.2 Å². The summed E-state index contributed by atoms with van der Waals surface area (Å²) in [5.41, 5.74) is 0.238. The lowest BCUT2D eigenvalue weighted by atomic mass is 9.98. The molecule has 0 aromatic heterocycles. The number of phenols is 2. The van der Waals surface area contributed by atoms with Gasteiger partial charge < -0.3 is 15.5 Å². The van der Waals surface area contributed by atoms with Gasteiger partial charge in [0.15, 0.2) is 5.75 Å². The summed E-state index contributed by atoms with van der Waals surface area (Å²) in [7, 11) is 0. The molecule has 1 saturated heterocycles. The van der Waals surface area contributed by atoms with Crippen LogP contribution in [-0.4, -0.2) is 46.2 Å². The fourth-order valence-electron chi connectivity index (χ4n) is 2.78. The summed E-state index contributed by atoms with van der Waals surface area (Å²) < 4.78 is 0. The first kappa shape index (κ1) is 21.7. The highest BCUT2D eigenvalue weighted by atomic mass is 35.5. The van der Waals surface area contributed by atoms with E-state index in [0.29, 0.717) is 5.56 Å². The summed E-state index contributed by atoms with van der Waals surface area (Å²) >= 11 is 0. The normalized spacial score (nSPS) is 16.0. The Morgan fingerprint density at radius 2 is 1.91 bits per heavy atom. The Kier molecular flexibility index (Phi) is 9.23. The second-order valence-corrected chi connectivity index (χ2v) is 5.26. The average Bonchev–Trinajstić information content (AvgIpc) is 2.48. The van der Waals surface area contributed by atoms with Gasteiger partial charge in [-0.3, -0.25) is 15.0 Å². The molecule has 1 heterocycles. The lowest BCUT2D eigenvalue weighted by Gasteiger charge is -2.35. The van der Waals surface area contributed by atoms with Crippen LogP contribution in [0.3, 0.4) is 0 Å². The van der Waals surface area contributed by atoms with Gasteiger partial charge in [-0.15, -0.1) is 24.8 Å². The SMILES string of the molecule is CCC[C@@H](c1cc(O)c(O)c([N+](=O)[O-])c1)N1CCNCC1.Cl.Cl. The van der Waals surface area contributed by atoms with E-state index in [-0.39, 0.29) is 30.9 Å². The van der Waals surface area contributed by atoms with Crippen LogP contribution in [-0.2, 0) is 0 Å². The predicted octanol–water partition coefficient (Wildman–Crippen LogP) is 2.60. The predicted molar refractivity (Wildman–Crippen MR) is 93.0 cm³/mol. The van der Waals surface area contributed by atoms with E-state index < -0.39 is 22.1 Å². The van der Waals surface area contributed by atoms with Crippen molar-refractivity contribution < 1.29 is 15.1 Å². The number of nitrogens with zero attached hydrogens (tertiary/aromatic N) is 2. The Morgan fingerprint density at radius 1 is 1.30 bits per heavy atom. The maximum absolute atomic E-state index is 11.0. The fraction of sp³-hybridized carbons (Fsp3) is 0.571. The van der Waals surface area contributed by atoms with Crippen molar-refractivity contribution in [1.29, 1.82) is 0 Å². The van der Waals surface area contributed by atoms with Crippen LogP contribution >= 0.6 is 24.8 Å². The van der Waals surface area contributed by atoms with Crippen LogP contribution in [0.5, 0.6) is 11.5 Å². The smallest absolute Gasteiger partial charge is 0.314 e. The fourth-order valence-corrected chi connectivity index (χ4v) is 2.78. The zero-order valence-corrected chi connectivity index (χ0v) is 14.5. The largest absolute Gasteiger partial charge is 0.504 e. The van der Waals surface area contributed by atoms with Crippen molar-refractivity contribution in [2.24, 2.45) is 0 Å². The Hall–Kier alpha value is -1.28. The van der Waals surface area contributed by atoms with E-state index in [1.54, 1.807) is 0 Å². The molecule has 7 nitrogen and oxygen atoms in total. The average molecular weight is 368 g/mol. The molecule has 2 rings (SSSR count). The third-order valence-electron chi connectivity index (χ3n) is 3.83. The molecule has 1 aromatic rings. The molecule has 0 amide bonds. The van der Waals surface area contributed by atoms with Crippen LogP contribution < -0.4 is 5.32 Å². The minimum absolute atomic E-state index is 0. The molecule has 0 bridgehead atoms. The topological polar surface area (TPSA) is 98.9 Å². The van der Waals surface area contributed by atoms with Crippen molar-refractivity contribution in [3.8, 4) is 11.5 Å². The standard InChI is InChI=1S/C14H21N3O4.2ClH/c1-2-3-11(16-6-4-15-5-7-16)10-8-12(17(20)21)14(19)13(18)9-10;;/h8-9,11,15,18-19H,2-7H2,1H3;2*1H/t11-;;/m0../s1. The molecule has 0 saturated carbocycles. The molecule has 1 aliphatic heterocycles. The van der Waals surface area contributed by atoms with Gasteiger partial charge in [-0.1, -0.05) is 13.3 Å². The number of phenolic OH excluding ortho intramolecular Hbond substituents is 2. The van der Waals surface area contributed by atoms with Crippen molar-refractivity contribution in [3.05, 3.63) is 27.8 Å². The first-order valence-electron chi connectivity index (χ1n) is 7.19. The number of nitro benzene ring substituents is 1. The quantitative estimate of drug-likeness (QED) is 0.420. The number of halogens is 2. The molecule has 1 atom stereocenters. The zero-order valence-electron chi connectivity index (χ0n) is 12.9. The maximum atomic E-state index is 11.0. The Balaban J connectivity index is 0.00000242. The van der Waals surface area contributed by atoms with Crippen molar-refractivity contribution in [3.63, 3.8) is 0 Å². The lowest BCUT2D eigenvalue weighted by Crippen LogP contribution is -2.45. The number of aromatic hydroxyl groups is 2. The van der Waals surface area contributed by atoms with E-state index in [2.05, 4.69) is 17.1 Å². The first-order chi connectivity index (χ1) is 10.0. The Bertz CT molecular complexity index is 525. The molecule has 1 aliphatic rings. The second kappa shape index (κ2) is 9.77. The van der Waals surface area contributed by atoms with Crippen molar-refractivity contribution in [2.45, 2.75) is 25.8 Å². The lowest BCUT2D eigenvalue weighted by molar-refractivity contribution is -0.386. The molecule has 0 aliphatic carbocycles. The first-order valence-corrected chi connectivity index (χ1v) is 7.19. The third kappa shape index (κ3) is 5.10. The number of hydrogen-bond donors (Lipinski definition) is 3. The highest BCUT2D eigenvalue weighted by Gasteiger charge is 2.26. The van der Waals surface area contributed by atoms with Gasteiger partial charge in [0.05, 0.1) is 4.92 Å². The van der Waals surface area contributed by atoms with E-state index in [1.165, 1.54) is 12.1 Å². The van der Waals surface area contributed by atoms with Crippen LogP contribution in [0, 0.1) is 10.1 Å². The number of benzene rings is 1. The van der Waals surface area contributed by atoms with Gasteiger partial charge >= 0.3 is 5.69 Å². The summed E-state index contributed by atoms with van der Waals surface area (Å²) in [5.74, 6) is -1.10. The minimum atomic E-state index is -0.667. The molecular formula is C14H23Cl2N3O4. The zero-order chi connectivity index (χ0) is 15.4. The summed E-state index contributed by atoms with van der Waals surface area (Å²) in [6, 6.07) is 2.82. The summed E-state index contributed by atoms with van der Waals surface area (Å²) in [4.78, 5) is 12.6. The second-order valence-electron chi connectivity index (χ2n) is 5.26. The van der Waals surface area contributed by atoms with Gasteiger partial charge in [0.1, 0.15) is 0 Å². The van der Waals surface area contributed by atoms with E-state index in [0.717, 1.165) is 39.0 Å². The van der Waals surface area contributed by atoms with Crippen LogP contribution in [0.15, 0.2) is 12.1 Å². The van der Waals surface area contributed by atoms with E-state index in [9.17, 15) is 20.3 Å².